The van der Waals surface area contributed by atoms with Crippen molar-refractivity contribution in [1.29, 1.82) is 0 Å². The number of benzene rings is 1. The van der Waals surface area contributed by atoms with Crippen LogP contribution in [0.25, 0.3) is 11.5 Å². The van der Waals surface area contributed by atoms with E-state index in [0.29, 0.717) is 0 Å². The molecule has 6 nitrogen and oxygen atoms in total. The Morgan fingerprint density at radius 1 is 1.19 bits per heavy atom. The van der Waals surface area contributed by atoms with E-state index in [4.69, 9.17) is 0 Å². The summed E-state index contributed by atoms with van der Waals surface area (Å²) < 4.78 is 2.03. The lowest BCUT2D eigenvalue weighted by Crippen LogP contribution is -2.15. The molecule has 0 unspecified atom stereocenters. The van der Waals surface area contributed by atoms with Gasteiger partial charge in [-0.1, -0.05) is 36.9 Å². The van der Waals surface area contributed by atoms with Crippen LogP contribution >= 0.6 is 11.8 Å². The fourth-order valence-corrected chi connectivity index (χ4v) is 3.46. The Balaban J connectivity index is 1.71. The minimum Gasteiger partial charge on any atom is -0.325 e. The van der Waals surface area contributed by atoms with Crippen molar-refractivity contribution in [3.05, 3.63) is 53.7 Å². The summed E-state index contributed by atoms with van der Waals surface area (Å²) in [5.74, 6) is 0.950. The Hall–Kier alpha value is -2.67. The molecule has 0 bridgehead atoms. The van der Waals surface area contributed by atoms with Crippen molar-refractivity contribution >= 4 is 23.4 Å². The van der Waals surface area contributed by atoms with Crippen molar-refractivity contribution in [1.82, 2.24) is 19.7 Å². The predicted molar refractivity (Wildman–Crippen MR) is 109 cm³/mol. The lowest BCUT2D eigenvalue weighted by molar-refractivity contribution is -0.113. The highest BCUT2D eigenvalue weighted by Gasteiger charge is 2.16. The average molecular weight is 382 g/mol. The zero-order valence-electron chi connectivity index (χ0n) is 15.8. The quantitative estimate of drug-likeness (QED) is 0.624. The van der Waals surface area contributed by atoms with Gasteiger partial charge in [-0.3, -0.25) is 9.78 Å². The van der Waals surface area contributed by atoms with Gasteiger partial charge in [0.2, 0.25) is 5.91 Å². The highest BCUT2D eigenvalue weighted by Crippen LogP contribution is 2.24. The van der Waals surface area contributed by atoms with E-state index >= 15 is 0 Å². The molecular weight excluding hydrogens is 358 g/mol. The number of anilines is 1. The Morgan fingerprint density at radius 3 is 2.78 bits per heavy atom. The number of hydrogen-bond acceptors (Lipinski definition) is 5. The number of nitrogens with zero attached hydrogens (tertiary/aromatic N) is 4. The van der Waals surface area contributed by atoms with Gasteiger partial charge in [0.05, 0.1) is 5.75 Å². The van der Waals surface area contributed by atoms with Gasteiger partial charge in [-0.25, -0.2) is 0 Å². The van der Waals surface area contributed by atoms with Crippen LogP contribution in [0.1, 0.15) is 24.5 Å². The monoisotopic (exact) mass is 381 g/mol. The Kier molecular flexibility index (Phi) is 6.24. The first kappa shape index (κ1) is 19.1. The molecular formula is C20H23N5OS. The van der Waals surface area contributed by atoms with E-state index in [-0.39, 0.29) is 11.7 Å². The summed E-state index contributed by atoms with van der Waals surface area (Å²) in [5, 5.41) is 12.3. The Morgan fingerprint density at radius 2 is 2.04 bits per heavy atom. The first-order valence-corrected chi connectivity index (χ1v) is 9.91. The van der Waals surface area contributed by atoms with Gasteiger partial charge >= 0.3 is 0 Å². The van der Waals surface area contributed by atoms with Gasteiger partial charge < -0.3 is 9.88 Å². The van der Waals surface area contributed by atoms with Gasteiger partial charge in [0.15, 0.2) is 11.0 Å². The van der Waals surface area contributed by atoms with E-state index in [9.17, 15) is 4.79 Å². The van der Waals surface area contributed by atoms with E-state index in [1.165, 1.54) is 11.8 Å². The summed E-state index contributed by atoms with van der Waals surface area (Å²) in [5.41, 5.74) is 3.80. The second-order valence-electron chi connectivity index (χ2n) is 6.33. The van der Waals surface area contributed by atoms with E-state index in [1.54, 1.807) is 6.20 Å². The second kappa shape index (κ2) is 8.81. The molecule has 2 heterocycles. The Labute approximate surface area is 163 Å². The number of hydrogen-bond donors (Lipinski definition) is 1. The second-order valence-corrected chi connectivity index (χ2v) is 7.27. The third kappa shape index (κ3) is 4.74. The van der Waals surface area contributed by atoms with Gasteiger partial charge in [-0.15, -0.1) is 10.2 Å². The minimum atomic E-state index is -0.0564. The normalized spacial score (nSPS) is 10.8. The zero-order valence-corrected chi connectivity index (χ0v) is 16.6. The molecule has 0 spiro atoms. The number of amides is 1. The van der Waals surface area contributed by atoms with Gasteiger partial charge in [-0.05, 0) is 49.6 Å². The van der Waals surface area contributed by atoms with Gasteiger partial charge in [-0.2, -0.15) is 0 Å². The van der Waals surface area contributed by atoms with Crippen LogP contribution in [0.5, 0.6) is 0 Å². The Bertz CT molecular complexity index is 923. The largest absolute Gasteiger partial charge is 0.325 e. The molecule has 140 valence electrons. The van der Waals surface area contributed by atoms with Crippen molar-refractivity contribution in [3.63, 3.8) is 0 Å². The first-order chi connectivity index (χ1) is 13.1. The molecule has 0 radical (unpaired) electrons. The number of carbonyl (C=O) groups is 1. The molecule has 0 aliphatic heterocycles. The van der Waals surface area contributed by atoms with Crippen molar-refractivity contribution in [3.8, 4) is 11.5 Å². The molecule has 0 aliphatic rings. The van der Waals surface area contributed by atoms with Crippen LogP contribution in [-0.2, 0) is 11.3 Å². The van der Waals surface area contributed by atoms with Crippen LogP contribution in [0.15, 0.2) is 47.8 Å². The lowest BCUT2D eigenvalue weighted by Gasteiger charge is -2.10. The lowest BCUT2D eigenvalue weighted by atomic mass is 10.1. The number of carbonyl (C=O) groups excluding carboxylic acids is 1. The first-order valence-electron chi connectivity index (χ1n) is 8.93. The van der Waals surface area contributed by atoms with Crippen molar-refractivity contribution in [2.75, 3.05) is 11.1 Å². The molecule has 3 aromatic rings. The zero-order chi connectivity index (χ0) is 19.2. The third-order valence-corrected chi connectivity index (χ3v) is 5.02. The molecule has 3 rings (SSSR count). The summed E-state index contributed by atoms with van der Waals surface area (Å²) in [6, 6.07) is 11.7. The molecule has 7 heteroatoms. The predicted octanol–water partition coefficient (Wildman–Crippen LogP) is 4.10. The highest BCUT2D eigenvalue weighted by atomic mass is 32.2. The van der Waals surface area contributed by atoms with E-state index in [2.05, 4.69) is 27.4 Å². The molecule has 0 fully saturated rings. The number of thioether (sulfide) groups is 1. The number of aromatic nitrogens is 4. The van der Waals surface area contributed by atoms with Crippen molar-refractivity contribution in [2.24, 2.45) is 0 Å². The summed E-state index contributed by atoms with van der Waals surface area (Å²) in [6.45, 7) is 6.87. The van der Waals surface area contributed by atoms with Crippen LogP contribution in [-0.4, -0.2) is 31.4 Å². The number of nitrogens with one attached hydrogen (secondary N) is 1. The molecule has 1 N–H and O–H groups in total. The minimum absolute atomic E-state index is 0.0564. The maximum Gasteiger partial charge on any atom is 0.234 e. The fourth-order valence-electron chi connectivity index (χ4n) is 2.69. The van der Waals surface area contributed by atoms with Crippen LogP contribution in [0.2, 0.25) is 0 Å². The molecule has 0 saturated heterocycles. The van der Waals surface area contributed by atoms with Gasteiger partial charge in [0.1, 0.15) is 5.69 Å². The average Bonchev–Trinajstić information content (AvgIpc) is 3.07. The fraction of sp³-hybridized carbons (Fsp3) is 0.300. The van der Waals surface area contributed by atoms with Crippen molar-refractivity contribution in [2.45, 2.75) is 38.9 Å². The molecule has 0 aliphatic carbocycles. The molecule has 27 heavy (non-hydrogen) atoms. The van der Waals surface area contributed by atoms with Gasteiger partial charge in [0, 0.05) is 18.4 Å². The number of rotatable bonds is 7. The smallest absolute Gasteiger partial charge is 0.234 e. The number of aryl methyl sites for hydroxylation is 2. The summed E-state index contributed by atoms with van der Waals surface area (Å²) >= 11 is 1.39. The maximum atomic E-state index is 12.4. The summed E-state index contributed by atoms with van der Waals surface area (Å²) in [6.07, 6.45) is 2.69. The molecule has 1 aromatic carbocycles. The molecule has 0 saturated carbocycles. The van der Waals surface area contributed by atoms with Gasteiger partial charge in [0.25, 0.3) is 0 Å². The van der Waals surface area contributed by atoms with Crippen molar-refractivity contribution < 1.29 is 4.79 Å². The van der Waals surface area contributed by atoms with E-state index in [1.807, 2.05) is 54.8 Å². The van der Waals surface area contributed by atoms with Crippen LogP contribution in [0.3, 0.4) is 0 Å². The molecule has 2 aromatic heterocycles. The molecule has 0 atom stereocenters. The SMILES string of the molecule is CCCn1c(SCC(=O)Nc2cc(C)ccc2C)nnc1-c1ccccn1. The van der Waals surface area contributed by atoms with E-state index in [0.717, 1.165) is 46.5 Å². The third-order valence-electron chi connectivity index (χ3n) is 4.06. The highest BCUT2D eigenvalue weighted by molar-refractivity contribution is 7.99. The van der Waals surface area contributed by atoms with E-state index < -0.39 is 0 Å². The van der Waals surface area contributed by atoms with Crippen LogP contribution in [0, 0.1) is 13.8 Å². The summed E-state index contributed by atoms with van der Waals surface area (Å²) in [4.78, 5) is 16.8. The number of pyridine rings is 1. The van der Waals surface area contributed by atoms with Crippen LogP contribution in [0.4, 0.5) is 5.69 Å². The standard InChI is InChI=1S/C20H23N5OS/c1-4-11-25-19(16-7-5-6-10-21-16)23-24-20(25)27-13-18(26)22-17-12-14(2)8-9-15(17)3/h5-10,12H,4,11,13H2,1-3H3,(H,22,26). The molecule has 1 amide bonds. The maximum absolute atomic E-state index is 12.4. The topological polar surface area (TPSA) is 72.7 Å². The summed E-state index contributed by atoms with van der Waals surface area (Å²) in [7, 11) is 0. The van der Waals surface area contributed by atoms with Crippen LogP contribution < -0.4 is 5.32 Å².